The van der Waals surface area contributed by atoms with Crippen molar-refractivity contribution in [2.24, 2.45) is 0 Å². The number of anilines is 1. The van der Waals surface area contributed by atoms with Gasteiger partial charge in [0, 0.05) is 17.4 Å². The molecule has 4 rings (SSSR count). The number of amides is 1. The first-order chi connectivity index (χ1) is 14.5. The van der Waals surface area contributed by atoms with E-state index in [0.717, 1.165) is 0 Å². The lowest BCUT2D eigenvalue weighted by atomic mass is 9.83. The molecule has 0 N–H and O–H groups in total. The highest BCUT2D eigenvalue weighted by Crippen LogP contribution is 2.46. The van der Waals surface area contributed by atoms with Gasteiger partial charge in [0.05, 0.1) is 38.3 Å². The van der Waals surface area contributed by atoms with Crippen LogP contribution in [-0.2, 0) is 14.3 Å². The maximum absolute atomic E-state index is 13.2. The highest BCUT2D eigenvalue weighted by atomic mass is 35.5. The highest BCUT2D eigenvalue weighted by Gasteiger charge is 2.43. The second-order valence-corrected chi connectivity index (χ2v) is 7.30. The Hall–Kier alpha value is -3.19. The molecule has 0 aromatic heterocycles. The summed E-state index contributed by atoms with van der Waals surface area (Å²) in [4.78, 5) is 27.3. The van der Waals surface area contributed by atoms with Gasteiger partial charge in [0.25, 0.3) is 0 Å². The molecule has 0 bridgehead atoms. The van der Waals surface area contributed by atoms with E-state index in [1.54, 1.807) is 36.4 Å². The summed E-state index contributed by atoms with van der Waals surface area (Å²) in [6.45, 7) is 0.0212. The normalized spacial score (nSPS) is 18.3. The van der Waals surface area contributed by atoms with Gasteiger partial charge in [-0.1, -0.05) is 17.7 Å². The van der Waals surface area contributed by atoms with Gasteiger partial charge in [0.1, 0.15) is 6.61 Å². The largest absolute Gasteiger partial charge is 0.493 e. The van der Waals surface area contributed by atoms with Crippen molar-refractivity contribution in [3.63, 3.8) is 0 Å². The molecule has 1 atom stereocenters. The van der Waals surface area contributed by atoms with Crippen molar-refractivity contribution in [1.29, 1.82) is 0 Å². The predicted molar refractivity (Wildman–Crippen MR) is 110 cm³/mol. The molecule has 2 aliphatic rings. The third-order valence-corrected chi connectivity index (χ3v) is 5.51. The average molecular weight is 430 g/mol. The summed E-state index contributed by atoms with van der Waals surface area (Å²) in [5.74, 6) is 0.243. The van der Waals surface area contributed by atoms with Crippen LogP contribution in [0.3, 0.4) is 0 Å². The Balaban J connectivity index is 1.85. The van der Waals surface area contributed by atoms with E-state index in [4.69, 9.17) is 30.5 Å². The van der Waals surface area contributed by atoms with Crippen molar-refractivity contribution >= 4 is 29.2 Å². The third kappa shape index (κ3) is 3.25. The molecule has 30 heavy (non-hydrogen) atoms. The van der Waals surface area contributed by atoms with Crippen molar-refractivity contribution in [1.82, 2.24) is 0 Å². The highest BCUT2D eigenvalue weighted by molar-refractivity contribution is 6.31. The van der Waals surface area contributed by atoms with E-state index in [9.17, 15) is 9.59 Å². The summed E-state index contributed by atoms with van der Waals surface area (Å²) in [5, 5.41) is 0.499. The first kappa shape index (κ1) is 20.1. The summed E-state index contributed by atoms with van der Waals surface area (Å²) in [6, 6.07) is 10.5. The summed E-state index contributed by atoms with van der Waals surface area (Å²) >= 11 is 6.11. The van der Waals surface area contributed by atoms with Crippen LogP contribution in [-0.4, -0.2) is 39.8 Å². The lowest BCUT2D eigenvalue weighted by molar-refractivity contribution is -0.136. The molecule has 0 radical (unpaired) electrons. The smallest absolute Gasteiger partial charge is 0.336 e. The van der Waals surface area contributed by atoms with Gasteiger partial charge in [0.2, 0.25) is 11.7 Å². The molecule has 0 fully saturated rings. The van der Waals surface area contributed by atoms with Crippen LogP contribution in [0.1, 0.15) is 17.9 Å². The van der Waals surface area contributed by atoms with Crippen LogP contribution in [0, 0.1) is 0 Å². The van der Waals surface area contributed by atoms with Crippen molar-refractivity contribution in [2.45, 2.75) is 12.3 Å². The number of benzene rings is 2. The van der Waals surface area contributed by atoms with Gasteiger partial charge < -0.3 is 18.9 Å². The van der Waals surface area contributed by atoms with Gasteiger partial charge in [-0.15, -0.1) is 0 Å². The number of rotatable bonds is 5. The summed E-state index contributed by atoms with van der Waals surface area (Å²) < 4.78 is 21.6. The Labute approximate surface area is 178 Å². The first-order valence-corrected chi connectivity index (χ1v) is 9.64. The van der Waals surface area contributed by atoms with Crippen molar-refractivity contribution in [3.05, 3.63) is 58.3 Å². The van der Waals surface area contributed by atoms with Gasteiger partial charge in [-0.3, -0.25) is 9.69 Å². The molecule has 2 aliphatic heterocycles. The van der Waals surface area contributed by atoms with E-state index in [2.05, 4.69) is 0 Å². The van der Waals surface area contributed by atoms with Gasteiger partial charge in [-0.25, -0.2) is 4.79 Å². The lowest BCUT2D eigenvalue weighted by Gasteiger charge is -2.32. The molecular weight excluding hydrogens is 410 g/mol. The molecule has 1 amide bonds. The number of hydrogen-bond donors (Lipinski definition) is 0. The quantitative estimate of drug-likeness (QED) is 0.675. The van der Waals surface area contributed by atoms with E-state index in [1.165, 1.54) is 26.2 Å². The number of esters is 1. The zero-order chi connectivity index (χ0) is 21.4. The van der Waals surface area contributed by atoms with Crippen LogP contribution in [0.4, 0.5) is 5.69 Å². The van der Waals surface area contributed by atoms with E-state index in [-0.39, 0.29) is 18.9 Å². The Morgan fingerprint density at radius 3 is 2.33 bits per heavy atom. The molecule has 2 aromatic rings. The molecule has 2 heterocycles. The second-order valence-electron chi connectivity index (χ2n) is 6.86. The van der Waals surface area contributed by atoms with Crippen LogP contribution in [0.15, 0.2) is 47.7 Å². The summed E-state index contributed by atoms with van der Waals surface area (Å²) in [5.41, 5.74) is 2.28. The number of methoxy groups -OCH3 is 3. The van der Waals surface area contributed by atoms with Crippen LogP contribution in [0.5, 0.6) is 17.2 Å². The number of ether oxygens (including phenoxy) is 4. The van der Waals surface area contributed by atoms with Crippen LogP contribution >= 0.6 is 11.6 Å². The maximum Gasteiger partial charge on any atom is 0.336 e. The van der Waals surface area contributed by atoms with Gasteiger partial charge in [0.15, 0.2) is 11.5 Å². The fraction of sp³-hybridized carbons (Fsp3) is 0.273. The Morgan fingerprint density at radius 1 is 1.03 bits per heavy atom. The van der Waals surface area contributed by atoms with E-state index in [1.807, 2.05) is 0 Å². The number of carbonyl (C=O) groups is 2. The standard InChI is InChI=1S/C22H20ClNO6/c1-27-17-7-12(8-18(28-2)21(17)29-3)15-10-19(25)24(14-6-4-5-13(23)9-14)16-11-30-22(26)20(15)16/h4-9,15H,10-11H2,1-3H3/t15-/m1/s1. The molecule has 7 nitrogen and oxygen atoms in total. The van der Waals surface area contributed by atoms with Gasteiger partial charge in [-0.2, -0.15) is 0 Å². The maximum atomic E-state index is 13.2. The fourth-order valence-corrected chi connectivity index (χ4v) is 4.14. The van der Waals surface area contributed by atoms with Crippen molar-refractivity contribution < 1.29 is 28.5 Å². The Bertz CT molecular complexity index is 1040. The lowest BCUT2D eigenvalue weighted by Crippen LogP contribution is -2.37. The number of carbonyl (C=O) groups excluding carboxylic acids is 2. The molecule has 156 valence electrons. The minimum atomic E-state index is -0.494. The van der Waals surface area contributed by atoms with Crippen LogP contribution in [0.25, 0.3) is 0 Å². The summed E-state index contributed by atoms with van der Waals surface area (Å²) in [7, 11) is 4.55. The van der Waals surface area contributed by atoms with Gasteiger partial charge in [-0.05, 0) is 35.9 Å². The zero-order valence-electron chi connectivity index (χ0n) is 16.7. The molecule has 8 heteroatoms. The second kappa shape index (κ2) is 7.91. The van der Waals surface area contributed by atoms with Crippen LogP contribution < -0.4 is 19.1 Å². The minimum Gasteiger partial charge on any atom is -0.493 e. The number of nitrogens with zero attached hydrogens (tertiary/aromatic N) is 1. The Kier molecular flexibility index (Phi) is 5.30. The molecule has 0 saturated carbocycles. The molecule has 0 spiro atoms. The van der Waals surface area contributed by atoms with E-state index < -0.39 is 11.9 Å². The number of halogens is 1. The summed E-state index contributed by atoms with van der Waals surface area (Å²) in [6.07, 6.45) is 0.0824. The fourth-order valence-electron chi connectivity index (χ4n) is 3.96. The topological polar surface area (TPSA) is 74.3 Å². The van der Waals surface area contributed by atoms with Crippen molar-refractivity contribution in [2.75, 3.05) is 32.8 Å². The SMILES string of the molecule is COc1cc([C@H]2CC(=O)N(c3cccc(Cl)c3)C3=C2C(=O)OC3)cc(OC)c1OC. The van der Waals surface area contributed by atoms with E-state index in [0.29, 0.717) is 44.8 Å². The third-order valence-electron chi connectivity index (χ3n) is 5.27. The van der Waals surface area contributed by atoms with Gasteiger partial charge >= 0.3 is 5.97 Å². The first-order valence-electron chi connectivity index (χ1n) is 9.27. The van der Waals surface area contributed by atoms with E-state index >= 15 is 0 Å². The molecule has 0 aliphatic carbocycles. The number of cyclic esters (lactones) is 1. The molecule has 0 unspecified atom stereocenters. The monoisotopic (exact) mass is 429 g/mol. The molecule has 2 aromatic carbocycles. The van der Waals surface area contributed by atoms with Crippen LogP contribution in [0.2, 0.25) is 5.02 Å². The average Bonchev–Trinajstić information content (AvgIpc) is 3.13. The minimum absolute atomic E-state index is 0.0212. The molecule has 0 saturated heterocycles. The zero-order valence-corrected chi connectivity index (χ0v) is 17.5. The van der Waals surface area contributed by atoms with Crippen molar-refractivity contribution in [3.8, 4) is 17.2 Å². The molecular formula is C22H20ClNO6. The number of hydrogen-bond acceptors (Lipinski definition) is 6. The Morgan fingerprint density at radius 2 is 1.73 bits per heavy atom. The predicted octanol–water partition coefficient (Wildman–Crippen LogP) is 3.70.